The molecule has 1 aliphatic heterocycles. The number of nitro groups is 1. The van der Waals surface area contributed by atoms with Gasteiger partial charge in [0.05, 0.1) is 21.3 Å². The highest BCUT2D eigenvalue weighted by Gasteiger charge is 2.35. The van der Waals surface area contributed by atoms with Crippen LogP contribution in [0.2, 0.25) is 0 Å². The number of carbonyl (C=O) groups excluding carboxylic acids is 2. The molecule has 6 nitrogen and oxygen atoms in total. The third kappa shape index (κ3) is 4.91. The van der Waals surface area contributed by atoms with E-state index in [0.717, 1.165) is 38.6 Å². The number of nitro benzene ring substituents is 1. The second-order valence-electron chi connectivity index (χ2n) is 8.31. The molecule has 1 saturated heterocycles. The van der Waals surface area contributed by atoms with Gasteiger partial charge in [-0.05, 0) is 64.9 Å². The average molecular weight is 513 g/mol. The van der Waals surface area contributed by atoms with Crippen LogP contribution in [-0.2, 0) is 11.3 Å². The van der Waals surface area contributed by atoms with E-state index >= 15 is 0 Å². The Morgan fingerprint density at radius 2 is 1.72 bits per heavy atom. The quantitative estimate of drug-likeness (QED) is 0.152. The first-order valence-corrected chi connectivity index (χ1v) is 12.8. The standard InChI is InChI=1S/C28H20N2O4S2/c1-18-9-12-22(13-10-18)35-25-14-11-19(15-24(25)30(33)34)16-26-27(31)29(28(32)36-26)17-21-7-4-6-20-5-2-3-8-23(20)21/h2-16H,17H2,1H3/b26-16-. The lowest BCUT2D eigenvalue weighted by atomic mass is 10.0. The number of hydrogen-bond acceptors (Lipinski definition) is 6. The Morgan fingerprint density at radius 3 is 2.50 bits per heavy atom. The molecule has 178 valence electrons. The first kappa shape index (κ1) is 23.8. The summed E-state index contributed by atoms with van der Waals surface area (Å²) >= 11 is 2.16. The third-order valence-electron chi connectivity index (χ3n) is 5.81. The lowest BCUT2D eigenvalue weighted by molar-refractivity contribution is -0.387. The Bertz CT molecular complexity index is 1540. The second-order valence-corrected chi connectivity index (χ2v) is 10.4. The minimum absolute atomic E-state index is 0.0516. The van der Waals surface area contributed by atoms with Crippen molar-refractivity contribution in [2.75, 3.05) is 0 Å². The Kier molecular flexibility index (Phi) is 6.63. The van der Waals surface area contributed by atoms with Crippen LogP contribution < -0.4 is 0 Å². The first-order chi connectivity index (χ1) is 17.4. The molecule has 36 heavy (non-hydrogen) atoms. The van der Waals surface area contributed by atoms with Gasteiger partial charge in [-0.3, -0.25) is 24.6 Å². The molecule has 1 aliphatic rings. The predicted molar refractivity (Wildman–Crippen MR) is 144 cm³/mol. The summed E-state index contributed by atoms with van der Waals surface area (Å²) in [4.78, 5) is 40.0. The summed E-state index contributed by atoms with van der Waals surface area (Å²) in [5.74, 6) is -0.404. The largest absolute Gasteiger partial charge is 0.293 e. The van der Waals surface area contributed by atoms with Crippen LogP contribution in [0.5, 0.6) is 0 Å². The number of aryl methyl sites for hydroxylation is 1. The summed E-state index contributed by atoms with van der Waals surface area (Å²) in [6, 6.07) is 26.2. The fourth-order valence-electron chi connectivity index (χ4n) is 3.97. The molecule has 0 atom stereocenters. The number of carbonyl (C=O) groups is 2. The van der Waals surface area contributed by atoms with Gasteiger partial charge < -0.3 is 0 Å². The van der Waals surface area contributed by atoms with Crippen LogP contribution in [0.3, 0.4) is 0 Å². The third-order valence-corrected chi connectivity index (χ3v) is 7.79. The Morgan fingerprint density at radius 1 is 0.972 bits per heavy atom. The van der Waals surface area contributed by atoms with Gasteiger partial charge in [-0.1, -0.05) is 78.0 Å². The number of nitrogens with zero attached hydrogens (tertiary/aromatic N) is 2. The van der Waals surface area contributed by atoms with E-state index in [9.17, 15) is 19.7 Å². The lowest BCUT2D eigenvalue weighted by Gasteiger charge is -2.14. The molecule has 0 unspecified atom stereocenters. The van der Waals surface area contributed by atoms with Crippen molar-refractivity contribution < 1.29 is 14.5 Å². The molecule has 8 heteroatoms. The molecule has 5 rings (SSSR count). The summed E-state index contributed by atoms with van der Waals surface area (Å²) in [6.07, 6.45) is 1.54. The van der Waals surface area contributed by atoms with Crippen molar-refractivity contribution in [2.45, 2.75) is 23.3 Å². The van der Waals surface area contributed by atoms with Gasteiger partial charge in [-0.2, -0.15) is 0 Å². The van der Waals surface area contributed by atoms with Gasteiger partial charge >= 0.3 is 0 Å². The van der Waals surface area contributed by atoms with Gasteiger partial charge in [-0.25, -0.2) is 0 Å². The maximum atomic E-state index is 13.1. The van der Waals surface area contributed by atoms with Gasteiger partial charge in [0, 0.05) is 11.0 Å². The topological polar surface area (TPSA) is 80.5 Å². The van der Waals surface area contributed by atoms with Crippen LogP contribution in [0.25, 0.3) is 16.8 Å². The lowest BCUT2D eigenvalue weighted by Crippen LogP contribution is -2.27. The zero-order valence-corrected chi connectivity index (χ0v) is 20.8. The van der Waals surface area contributed by atoms with E-state index in [1.165, 1.54) is 22.7 Å². The molecule has 0 radical (unpaired) electrons. The molecular formula is C28H20N2O4S2. The molecule has 0 N–H and O–H groups in total. The van der Waals surface area contributed by atoms with Crippen molar-refractivity contribution in [3.05, 3.63) is 117 Å². The van der Waals surface area contributed by atoms with Gasteiger partial charge in [0.25, 0.3) is 16.8 Å². The van der Waals surface area contributed by atoms with Gasteiger partial charge in [0.1, 0.15) is 0 Å². The van der Waals surface area contributed by atoms with Crippen molar-refractivity contribution in [1.29, 1.82) is 0 Å². The zero-order chi connectivity index (χ0) is 25.2. The highest BCUT2D eigenvalue weighted by Crippen LogP contribution is 2.38. The summed E-state index contributed by atoms with van der Waals surface area (Å²) in [6.45, 7) is 2.14. The number of amides is 2. The van der Waals surface area contributed by atoms with E-state index in [1.807, 2.05) is 73.7 Å². The molecular weight excluding hydrogens is 492 g/mol. The van der Waals surface area contributed by atoms with Crippen molar-refractivity contribution in [3.8, 4) is 0 Å². The molecule has 0 saturated carbocycles. The average Bonchev–Trinajstić information content (AvgIpc) is 3.13. The Labute approximate surface area is 216 Å². The minimum Gasteiger partial charge on any atom is -0.268 e. The molecule has 1 heterocycles. The number of benzene rings is 4. The van der Waals surface area contributed by atoms with Crippen molar-refractivity contribution in [2.24, 2.45) is 0 Å². The van der Waals surface area contributed by atoms with Crippen molar-refractivity contribution in [1.82, 2.24) is 4.90 Å². The number of hydrogen-bond donors (Lipinski definition) is 0. The van der Waals surface area contributed by atoms with E-state index in [0.29, 0.717) is 10.5 Å². The van der Waals surface area contributed by atoms with Gasteiger partial charge in [0.15, 0.2) is 0 Å². The van der Waals surface area contributed by atoms with E-state index in [2.05, 4.69) is 0 Å². The smallest absolute Gasteiger partial charge is 0.268 e. The van der Waals surface area contributed by atoms with Crippen LogP contribution >= 0.6 is 23.5 Å². The van der Waals surface area contributed by atoms with E-state index in [1.54, 1.807) is 18.2 Å². The maximum Gasteiger partial charge on any atom is 0.293 e. The van der Waals surface area contributed by atoms with E-state index in [4.69, 9.17) is 0 Å². The first-order valence-electron chi connectivity index (χ1n) is 11.1. The minimum atomic E-state index is -0.430. The monoisotopic (exact) mass is 512 g/mol. The van der Waals surface area contributed by atoms with E-state index < -0.39 is 10.8 Å². The Balaban J connectivity index is 1.40. The van der Waals surface area contributed by atoms with Gasteiger partial charge in [-0.15, -0.1) is 0 Å². The summed E-state index contributed by atoms with van der Waals surface area (Å²) in [5.41, 5.74) is 2.43. The molecule has 0 spiro atoms. The molecule has 0 aliphatic carbocycles. The molecule has 0 aromatic heterocycles. The highest BCUT2D eigenvalue weighted by atomic mass is 32.2. The maximum absolute atomic E-state index is 13.1. The van der Waals surface area contributed by atoms with Crippen LogP contribution in [0.4, 0.5) is 10.5 Å². The number of imide groups is 1. The fourth-order valence-corrected chi connectivity index (χ4v) is 5.71. The Hall–Kier alpha value is -3.88. The number of thioether (sulfide) groups is 1. The fraction of sp³-hybridized carbons (Fsp3) is 0.0714. The number of fused-ring (bicyclic) bond motifs is 1. The molecule has 2 amide bonds. The molecule has 0 bridgehead atoms. The van der Waals surface area contributed by atoms with Crippen LogP contribution in [0.1, 0.15) is 16.7 Å². The van der Waals surface area contributed by atoms with Crippen LogP contribution in [0.15, 0.2) is 99.6 Å². The summed E-state index contributed by atoms with van der Waals surface area (Å²) in [7, 11) is 0. The molecule has 1 fully saturated rings. The zero-order valence-electron chi connectivity index (χ0n) is 19.2. The summed E-state index contributed by atoms with van der Waals surface area (Å²) in [5, 5.41) is 13.4. The molecule has 4 aromatic rings. The summed E-state index contributed by atoms with van der Waals surface area (Å²) < 4.78 is 0. The second kappa shape index (κ2) is 10.0. The molecule has 4 aromatic carbocycles. The van der Waals surface area contributed by atoms with Crippen LogP contribution in [0, 0.1) is 17.0 Å². The van der Waals surface area contributed by atoms with Crippen LogP contribution in [-0.4, -0.2) is 21.0 Å². The highest BCUT2D eigenvalue weighted by molar-refractivity contribution is 8.18. The predicted octanol–water partition coefficient (Wildman–Crippen LogP) is 7.44. The SMILES string of the molecule is Cc1ccc(Sc2ccc(/C=C3\SC(=O)N(Cc4cccc5ccccc45)C3=O)cc2[N+](=O)[O-])cc1. The van der Waals surface area contributed by atoms with Crippen molar-refractivity contribution >= 4 is 57.2 Å². The number of rotatable bonds is 6. The van der Waals surface area contributed by atoms with Crippen molar-refractivity contribution in [3.63, 3.8) is 0 Å². The van der Waals surface area contributed by atoms with E-state index in [-0.39, 0.29) is 22.4 Å². The normalized spacial score (nSPS) is 14.7. The van der Waals surface area contributed by atoms with Gasteiger partial charge in [0.2, 0.25) is 0 Å².